The van der Waals surface area contributed by atoms with Crippen molar-refractivity contribution < 1.29 is 4.79 Å². The Hall–Kier alpha value is -2.02. The smallest absolute Gasteiger partial charge is 0.238 e. The number of aryl methyl sites for hydroxylation is 1. The van der Waals surface area contributed by atoms with Gasteiger partial charge in [0, 0.05) is 6.04 Å². The maximum absolute atomic E-state index is 12.5. The van der Waals surface area contributed by atoms with Crippen LogP contribution in [0.4, 0.5) is 0 Å². The van der Waals surface area contributed by atoms with E-state index in [9.17, 15) is 4.79 Å². The van der Waals surface area contributed by atoms with Gasteiger partial charge in [-0.25, -0.2) is 4.68 Å². The molecule has 0 spiro atoms. The third-order valence-corrected chi connectivity index (χ3v) is 4.53. The zero-order valence-corrected chi connectivity index (χ0v) is 12.5. The van der Waals surface area contributed by atoms with Gasteiger partial charge in [-0.1, -0.05) is 42.1 Å². The molecule has 1 aromatic carbocycles. The number of amides is 1. The summed E-state index contributed by atoms with van der Waals surface area (Å²) in [7, 11) is 0. The lowest BCUT2D eigenvalue weighted by Crippen LogP contribution is -2.30. The predicted molar refractivity (Wildman–Crippen MR) is 81.1 cm³/mol. The van der Waals surface area contributed by atoms with Crippen LogP contribution in [0, 0.1) is 6.92 Å². The van der Waals surface area contributed by atoms with Crippen molar-refractivity contribution in [3.8, 4) is 0 Å². The molecule has 1 fully saturated rings. The molecule has 1 heterocycles. The first-order valence-electron chi connectivity index (χ1n) is 6.84. The molecule has 6 nitrogen and oxygen atoms in total. The van der Waals surface area contributed by atoms with Crippen molar-refractivity contribution in [1.82, 2.24) is 20.2 Å². The Morgan fingerprint density at radius 2 is 2.10 bits per heavy atom. The maximum Gasteiger partial charge on any atom is 0.238 e. The predicted octanol–water partition coefficient (Wildman–Crippen LogP) is 1.41. The Labute approximate surface area is 127 Å². The van der Waals surface area contributed by atoms with Gasteiger partial charge in [0.1, 0.15) is 11.1 Å². The van der Waals surface area contributed by atoms with Crippen molar-refractivity contribution in [2.45, 2.75) is 36.2 Å². The van der Waals surface area contributed by atoms with Gasteiger partial charge in [-0.3, -0.25) is 4.79 Å². The second kappa shape index (κ2) is 5.77. The van der Waals surface area contributed by atoms with Crippen LogP contribution in [0.5, 0.6) is 0 Å². The van der Waals surface area contributed by atoms with E-state index in [1.807, 2.05) is 30.3 Å². The molecule has 0 bridgehead atoms. The van der Waals surface area contributed by atoms with Crippen molar-refractivity contribution in [1.29, 1.82) is 0 Å². The molecule has 0 unspecified atom stereocenters. The number of aromatic nitrogens is 3. The van der Waals surface area contributed by atoms with Crippen molar-refractivity contribution in [2.24, 2.45) is 0 Å². The Morgan fingerprint density at radius 3 is 2.67 bits per heavy atom. The Bertz CT molecular complexity index is 638. The minimum atomic E-state index is -0.377. The van der Waals surface area contributed by atoms with Crippen LogP contribution in [0.15, 0.2) is 35.5 Å². The minimum Gasteiger partial charge on any atom is -0.352 e. The number of benzene rings is 1. The van der Waals surface area contributed by atoms with Crippen molar-refractivity contribution in [3.05, 3.63) is 41.7 Å². The molecule has 0 saturated heterocycles. The molecule has 1 amide bonds. The molecule has 0 radical (unpaired) electrons. The van der Waals surface area contributed by atoms with E-state index in [0.29, 0.717) is 17.0 Å². The van der Waals surface area contributed by atoms with Crippen LogP contribution in [0.1, 0.15) is 29.5 Å². The molecule has 1 aliphatic rings. The molecule has 0 aliphatic heterocycles. The van der Waals surface area contributed by atoms with Gasteiger partial charge in [-0.15, -0.1) is 10.2 Å². The van der Waals surface area contributed by atoms with E-state index in [0.717, 1.165) is 18.4 Å². The van der Waals surface area contributed by atoms with Crippen LogP contribution >= 0.6 is 11.8 Å². The second-order valence-corrected chi connectivity index (χ2v) is 6.16. The Kier molecular flexibility index (Phi) is 3.83. The van der Waals surface area contributed by atoms with E-state index in [2.05, 4.69) is 15.5 Å². The number of nitrogens with one attached hydrogen (secondary N) is 1. The highest BCUT2D eigenvalue weighted by molar-refractivity contribution is 8.00. The molecule has 1 aliphatic carbocycles. The van der Waals surface area contributed by atoms with Crippen LogP contribution in [0.3, 0.4) is 0 Å². The zero-order valence-electron chi connectivity index (χ0n) is 11.7. The molecule has 1 atom stereocenters. The summed E-state index contributed by atoms with van der Waals surface area (Å²) in [6.07, 6.45) is 2.12. The average Bonchev–Trinajstić information content (AvgIpc) is 3.25. The summed E-state index contributed by atoms with van der Waals surface area (Å²) in [6, 6.07) is 9.97. The monoisotopic (exact) mass is 303 g/mol. The number of nitrogens with zero attached hydrogens (tertiary/aromatic N) is 3. The van der Waals surface area contributed by atoms with Crippen molar-refractivity contribution in [2.75, 3.05) is 5.84 Å². The topological polar surface area (TPSA) is 85.8 Å². The minimum absolute atomic E-state index is 0.00523. The first kappa shape index (κ1) is 13.9. The van der Waals surface area contributed by atoms with Gasteiger partial charge in [-0.05, 0) is 25.3 Å². The number of nitrogen functional groups attached to an aromatic ring is 1. The normalized spacial score (nSPS) is 15.7. The van der Waals surface area contributed by atoms with E-state index in [1.165, 1.54) is 16.4 Å². The lowest BCUT2D eigenvalue weighted by molar-refractivity contribution is -0.120. The average molecular weight is 303 g/mol. The molecule has 21 heavy (non-hydrogen) atoms. The third-order valence-electron chi connectivity index (χ3n) is 3.32. The van der Waals surface area contributed by atoms with Crippen LogP contribution in [-0.4, -0.2) is 26.8 Å². The quantitative estimate of drug-likeness (QED) is 0.644. The van der Waals surface area contributed by atoms with E-state index < -0.39 is 0 Å². The number of hydrogen-bond acceptors (Lipinski definition) is 5. The van der Waals surface area contributed by atoms with Crippen molar-refractivity contribution in [3.63, 3.8) is 0 Å². The highest BCUT2D eigenvalue weighted by atomic mass is 32.2. The maximum atomic E-state index is 12.5. The highest BCUT2D eigenvalue weighted by Crippen LogP contribution is 2.35. The summed E-state index contributed by atoms with van der Waals surface area (Å²) in [5, 5.41) is 11.2. The number of rotatable bonds is 5. The number of nitrogens with two attached hydrogens (primary N) is 1. The fourth-order valence-corrected chi connectivity index (χ4v) is 2.95. The van der Waals surface area contributed by atoms with Crippen LogP contribution in [0.25, 0.3) is 0 Å². The molecule has 1 saturated carbocycles. The van der Waals surface area contributed by atoms with Gasteiger partial charge in [0.25, 0.3) is 0 Å². The largest absolute Gasteiger partial charge is 0.352 e. The van der Waals surface area contributed by atoms with Crippen molar-refractivity contribution >= 4 is 17.7 Å². The van der Waals surface area contributed by atoms with Gasteiger partial charge in [0.05, 0.1) is 0 Å². The lowest BCUT2D eigenvalue weighted by atomic mass is 10.1. The molecular weight excluding hydrogens is 286 g/mol. The lowest BCUT2D eigenvalue weighted by Gasteiger charge is -2.16. The van der Waals surface area contributed by atoms with Crippen LogP contribution in [-0.2, 0) is 4.79 Å². The first-order chi connectivity index (χ1) is 10.1. The van der Waals surface area contributed by atoms with Gasteiger partial charge >= 0.3 is 0 Å². The molecule has 110 valence electrons. The van der Waals surface area contributed by atoms with Gasteiger partial charge in [0.15, 0.2) is 0 Å². The van der Waals surface area contributed by atoms with Crippen LogP contribution < -0.4 is 11.2 Å². The zero-order chi connectivity index (χ0) is 14.8. The molecule has 2 aromatic rings. The third kappa shape index (κ3) is 3.18. The van der Waals surface area contributed by atoms with Gasteiger partial charge in [0.2, 0.25) is 11.1 Å². The molecular formula is C14H17N5OS. The van der Waals surface area contributed by atoms with E-state index in [-0.39, 0.29) is 11.2 Å². The molecule has 3 N–H and O–H groups in total. The molecule has 1 aromatic heterocycles. The van der Waals surface area contributed by atoms with E-state index in [4.69, 9.17) is 5.84 Å². The number of thioether (sulfide) groups is 1. The number of carbonyl (C=O) groups is 1. The second-order valence-electron chi connectivity index (χ2n) is 5.09. The summed E-state index contributed by atoms with van der Waals surface area (Å²) >= 11 is 1.32. The Balaban J connectivity index is 1.84. The van der Waals surface area contributed by atoms with Gasteiger partial charge < -0.3 is 11.2 Å². The highest BCUT2D eigenvalue weighted by Gasteiger charge is 2.30. The number of carbonyl (C=O) groups excluding carboxylic acids is 1. The van der Waals surface area contributed by atoms with Gasteiger partial charge in [-0.2, -0.15) is 0 Å². The molecule has 7 heteroatoms. The van der Waals surface area contributed by atoms with E-state index in [1.54, 1.807) is 6.92 Å². The SMILES string of the molecule is Cc1nnc(S[C@H](C(=O)NC2CC2)c2ccccc2)n1N. The fourth-order valence-electron chi connectivity index (χ4n) is 1.94. The van der Waals surface area contributed by atoms with E-state index >= 15 is 0 Å². The summed E-state index contributed by atoms with van der Waals surface area (Å²) < 4.78 is 1.41. The summed E-state index contributed by atoms with van der Waals surface area (Å²) in [5.74, 6) is 6.49. The number of hydrogen-bond donors (Lipinski definition) is 2. The summed E-state index contributed by atoms with van der Waals surface area (Å²) in [6.45, 7) is 1.78. The van der Waals surface area contributed by atoms with Crippen LogP contribution in [0.2, 0.25) is 0 Å². The first-order valence-corrected chi connectivity index (χ1v) is 7.72. The summed E-state index contributed by atoms with van der Waals surface area (Å²) in [5.41, 5.74) is 0.932. The Morgan fingerprint density at radius 1 is 1.38 bits per heavy atom. The fraction of sp³-hybridized carbons (Fsp3) is 0.357. The molecule has 3 rings (SSSR count). The summed E-state index contributed by atoms with van der Waals surface area (Å²) in [4.78, 5) is 12.5. The standard InChI is InChI=1S/C14H17N5OS/c1-9-17-18-14(19(9)15)21-12(10-5-3-2-4-6-10)13(20)16-11-7-8-11/h2-6,11-12H,7-8,15H2,1H3,(H,16,20)/t12-/m0/s1.